The predicted octanol–water partition coefficient (Wildman–Crippen LogP) is 2.47. The quantitative estimate of drug-likeness (QED) is 0.907. The zero-order chi connectivity index (χ0) is 14.2. The van der Waals surface area contributed by atoms with E-state index >= 15 is 0 Å². The highest BCUT2D eigenvalue weighted by Gasteiger charge is 2.29. The van der Waals surface area contributed by atoms with Gasteiger partial charge in [-0.05, 0) is 48.9 Å². The van der Waals surface area contributed by atoms with Crippen molar-refractivity contribution in [1.82, 2.24) is 4.31 Å². The average molecular weight is 294 g/mol. The lowest BCUT2D eigenvalue weighted by molar-refractivity contribution is 0.250. The molecule has 0 atom stereocenters. The van der Waals surface area contributed by atoms with E-state index in [4.69, 9.17) is 0 Å². The average Bonchev–Trinajstić information content (AvgIpc) is 2.84. The van der Waals surface area contributed by atoms with Gasteiger partial charge in [-0.25, -0.2) is 8.42 Å². The van der Waals surface area contributed by atoms with E-state index in [0.29, 0.717) is 23.9 Å². The van der Waals surface area contributed by atoms with Crippen LogP contribution in [-0.4, -0.2) is 32.4 Å². The van der Waals surface area contributed by atoms with Crippen molar-refractivity contribution in [3.05, 3.63) is 23.8 Å². The van der Waals surface area contributed by atoms with Crippen LogP contribution in [0.1, 0.15) is 31.7 Å². The molecule has 4 nitrogen and oxygen atoms in total. The predicted molar refractivity (Wildman–Crippen MR) is 80.4 cm³/mol. The van der Waals surface area contributed by atoms with E-state index in [1.807, 2.05) is 19.1 Å². The molecule has 0 spiro atoms. The maximum Gasteiger partial charge on any atom is 0.243 e. The van der Waals surface area contributed by atoms with Gasteiger partial charge < -0.3 is 5.32 Å². The Balaban J connectivity index is 1.85. The minimum absolute atomic E-state index is 0.445. The van der Waals surface area contributed by atoms with Crippen LogP contribution in [0, 0.1) is 5.92 Å². The van der Waals surface area contributed by atoms with Crippen molar-refractivity contribution < 1.29 is 8.42 Å². The van der Waals surface area contributed by atoms with Crippen LogP contribution in [-0.2, 0) is 16.4 Å². The van der Waals surface area contributed by atoms with Crippen molar-refractivity contribution >= 4 is 15.7 Å². The molecule has 1 aromatic carbocycles. The van der Waals surface area contributed by atoms with Gasteiger partial charge in [0.05, 0.1) is 4.90 Å². The van der Waals surface area contributed by atoms with Crippen molar-refractivity contribution in [1.29, 1.82) is 0 Å². The zero-order valence-corrected chi connectivity index (χ0v) is 12.7. The molecule has 0 aromatic heterocycles. The number of anilines is 1. The lowest BCUT2D eigenvalue weighted by Gasteiger charge is -2.31. The van der Waals surface area contributed by atoms with Gasteiger partial charge in [-0.15, -0.1) is 0 Å². The number of rotatable bonds is 5. The fourth-order valence-electron chi connectivity index (χ4n) is 2.95. The molecule has 0 radical (unpaired) electrons. The highest BCUT2D eigenvalue weighted by molar-refractivity contribution is 7.89. The summed E-state index contributed by atoms with van der Waals surface area (Å²) in [5, 5.41) is 3.26. The van der Waals surface area contributed by atoms with E-state index in [1.54, 1.807) is 10.4 Å². The van der Waals surface area contributed by atoms with Gasteiger partial charge in [0.2, 0.25) is 10.0 Å². The Morgan fingerprint density at radius 1 is 1.35 bits per heavy atom. The molecule has 1 N–H and O–H groups in total. The minimum atomic E-state index is -3.34. The Hall–Kier alpha value is -1.07. The SMILES string of the molecule is CCN(CC1CCC1)S(=O)(=O)c1ccc2c(c1)CCN2. The summed E-state index contributed by atoms with van der Waals surface area (Å²) in [7, 11) is -3.34. The normalized spacial score (nSPS) is 18.7. The number of sulfonamides is 1. The number of nitrogens with one attached hydrogen (secondary N) is 1. The number of hydrogen-bond donors (Lipinski definition) is 1. The van der Waals surface area contributed by atoms with Crippen molar-refractivity contribution in [3.8, 4) is 0 Å². The number of hydrogen-bond acceptors (Lipinski definition) is 3. The zero-order valence-electron chi connectivity index (χ0n) is 11.9. The Bertz CT molecular complexity index is 594. The highest BCUT2D eigenvalue weighted by atomic mass is 32.2. The molecule has 1 fully saturated rings. The summed E-state index contributed by atoms with van der Waals surface area (Å²) >= 11 is 0. The summed E-state index contributed by atoms with van der Waals surface area (Å²) in [6, 6.07) is 5.47. The Morgan fingerprint density at radius 2 is 2.15 bits per heavy atom. The van der Waals surface area contributed by atoms with Crippen molar-refractivity contribution in [2.45, 2.75) is 37.5 Å². The third-order valence-electron chi connectivity index (χ3n) is 4.46. The third-order valence-corrected chi connectivity index (χ3v) is 6.40. The van der Waals surface area contributed by atoms with E-state index in [1.165, 1.54) is 19.3 Å². The van der Waals surface area contributed by atoms with E-state index in [-0.39, 0.29) is 0 Å². The molecule has 1 saturated carbocycles. The fourth-order valence-corrected chi connectivity index (χ4v) is 4.53. The summed E-state index contributed by atoms with van der Waals surface area (Å²) in [6.45, 7) is 4.05. The Labute approximate surface area is 121 Å². The van der Waals surface area contributed by atoms with Crippen molar-refractivity contribution in [2.75, 3.05) is 25.0 Å². The van der Waals surface area contributed by atoms with Crippen LogP contribution in [0.25, 0.3) is 0 Å². The van der Waals surface area contributed by atoms with E-state index in [2.05, 4.69) is 5.32 Å². The van der Waals surface area contributed by atoms with Crippen LogP contribution < -0.4 is 5.32 Å². The summed E-state index contributed by atoms with van der Waals surface area (Å²) in [5.41, 5.74) is 2.19. The summed E-state index contributed by atoms with van der Waals surface area (Å²) in [4.78, 5) is 0.445. The molecule has 0 bridgehead atoms. The highest BCUT2D eigenvalue weighted by Crippen LogP contribution is 2.30. The standard InChI is InChI=1S/C15H22N2O2S/c1-2-17(11-12-4-3-5-12)20(18,19)14-6-7-15-13(10-14)8-9-16-15/h6-7,10,12,16H,2-5,8-9,11H2,1H3. The molecule has 0 amide bonds. The number of nitrogens with zero attached hydrogens (tertiary/aromatic N) is 1. The molecule has 110 valence electrons. The molecule has 1 aliphatic carbocycles. The molecule has 0 saturated heterocycles. The van der Waals surface area contributed by atoms with Crippen LogP contribution in [0.15, 0.2) is 23.1 Å². The Kier molecular flexibility index (Phi) is 3.73. The molecule has 3 rings (SSSR count). The smallest absolute Gasteiger partial charge is 0.243 e. The summed E-state index contributed by atoms with van der Waals surface area (Å²) in [6.07, 6.45) is 4.49. The largest absolute Gasteiger partial charge is 0.384 e. The van der Waals surface area contributed by atoms with Crippen LogP contribution in [0.2, 0.25) is 0 Å². The first-order valence-electron chi connectivity index (χ1n) is 7.48. The summed E-state index contributed by atoms with van der Waals surface area (Å²) in [5.74, 6) is 0.556. The van der Waals surface area contributed by atoms with Crippen molar-refractivity contribution in [3.63, 3.8) is 0 Å². The maximum absolute atomic E-state index is 12.7. The van der Waals surface area contributed by atoms with Gasteiger partial charge in [0.25, 0.3) is 0 Å². The molecule has 0 unspecified atom stereocenters. The molecule has 2 aliphatic rings. The third kappa shape index (κ3) is 2.44. The Morgan fingerprint density at radius 3 is 2.80 bits per heavy atom. The van der Waals surface area contributed by atoms with Crippen molar-refractivity contribution in [2.24, 2.45) is 5.92 Å². The second-order valence-corrected chi connectivity index (χ2v) is 7.69. The van der Waals surface area contributed by atoms with Gasteiger partial charge in [-0.2, -0.15) is 4.31 Å². The van der Waals surface area contributed by atoms with Crippen LogP contribution in [0.3, 0.4) is 0 Å². The van der Waals surface area contributed by atoms with Gasteiger partial charge >= 0.3 is 0 Å². The number of fused-ring (bicyclic) bond motifs is 1. The summed E-state index contributed by atoms with van der Waals surface area (Å²) < 4.78 is 27.1. The van der Waals surface area contributed by atoms with Crippen LogP contribution in [0.5, 0.6) is 0 Å². The molecule has 20 heavy (non-hydrogen) atoms. The maximum atomic E-state index is 12.7. The number of benzene rings is 1. The fraction of sp³-hybridized carbons (Fsp3) is 0.600. The first-order valence-corrected chi connectivity index (χ1v) is 8.92. The molecule has 1 heterocycles. The first-order chi connectivity index (χ1) is 9.61. The molecule has 5 heteroatoms. The van der Waals surface area contributed by atoms with Gasteiger partial charge in [-0.1, -0.05) is 13.3 Å². The molecule has 1 aromatic rings. The lowest BCUT2D eigenvalue weighted by atomic mass is 9.85. The minimum Gasteiger partial charge on any atom is -0.384 e. The van der Waals surface area contributed by atoms with Crippen LogP contribution in [0.4, 0.5) is 5.69 Å². The van der Waals surface area contributed by atoms with Gasteiger partial charge in [0.15, 0.2) is 0 Å². The van der Waals surface area contributed by atoms with Gasteiger partial charge in [0, 0.05) is 25.3 Å². The molecule has 1 aliphatic heterocycles. The first kappa shape index (κ1) is 13.9. The second kappa shape index (κ2) is 5.37. The lowest BCUT2D eigenvalue weighted by Crippen LogP contribution is -2.37. The topological polar surface area (TPSA) is 49.4 Å². The van der Waals surface area contributed by atoms with Gasteiger partial charge in [-0.3, -0.25) is 0 Å². The van der Waals surface area contributed by atoms with E-state index in [0.717, 1.165) is 24.2 Å². The van der Waals surface area contributed by atoms with Gasteiger partial charge in [0.1, 0.15) is 0 Å². The molecular weight excluding hydrogens is 272 g/mol. The second-order valence-electron chi connectivity index (χ2n) is 5.75. The van der Waals surface area contributed by atoms with E-state index < -0.39 is 10.0 Å². The molecular formula is C15H22N2O2S. The van der Waals surface area contributed by atoms with Crippen LogP contribution >= 0.6 is 0 Å². The van der Waals surface area contributed by atoms with E-state index in [9.17, 15) is 8.42 Å². The monoisotopic (exact) mass is 294 g/mol.